The van der Waals surface area contributed by atoms with E-state index < -0.39 is 27.8 Å². The molecule has 2 heterocycles. The Morgan fingerprint density at radius 1 is 1.09 bits per heavy atom. The van der Waals surface area contributed by atoms with Crippen molar-refractivity contribution >= 4 is 39.1 Å². The van der Waals surface area contributed by atoms with Gasteiger partial charge in [0.2, 0.25) is 10.0 Å². The molecule has 0 aliphatic carbocycles. The largest absolute Gasteiger partial charge is 0.507 e. The average Bonchev–Trinajstić information content (AvgIpc) is 3.12. The van der Waals surface area contributed by atoms with Crippen LogP contribution in [0, 0.1) is 0 Å². The first-order chi connectivity index (χ1) is 16.8. The van der Waals surface area contributed by atoms with E-state index in [1.165, 1.54) is 40.6 Å². The number of ketones is 1. The number of methoxy groups -OCH3 is 1. The molecule has 4 rings (SSSR count). The zero-order chi connectivity index (χ0) is 25.2. The van der Waals surface area contributed by atoms with Crippen LogP contribution in [0.25, 0.3) is 5.76 Å². The van der Waals surface area contributed by atoms with Crippen LogP contribution in [0.2, 0.25) is 5.02 Å². The number of hydrogen-bond donors (Lipinski definition) is 1. The van der Waals surface area contributed by atoms with Crippen LogP contribution in [0.3, 0.4) is 0 Å². The maximum atomic E-state index is 13.0. The lowest BCUT2D eigenvalue weighted by Gasteiger charge is -2.26. The molecule has 1 atom stereocenters. The molecule has 1 amide bonds. The van der Waals surface area contributed by atoms with Gasteiger partial charge in [0.25, 0.3) is 11.7 Å². The molecule has 186 valence electrons. The molecular formula is C25H27ClN2O6S. The smallest absolute Gasteiger partial charge is 0.295 e. The molecule has 0 spiro atoms. The van der Waals surface area contributed by atoms with Crippen molar-refractivity contribution in [2.45, 2.75) is 30.2 Å². The van der Waals surface area contributed by atoms with Crippen molar-refractivity contribution in [3.05, 3.63) is 70.3 Å². The molecule has 0 aromatic heterocycles. The fourth-order valence-electron chi connectivity index (χ4n) is 4.52. The number of aliphatic hydroxyl groups excluding tert-OH is 1. The van der Waals surface area contributed by atoms with Crippen molar-refractivity contribution in [3.63, 3.8) is 0 Å². The minimum Gasteiger partial charge on any atom is -0.507 e. The van der Waals surface area contributed by atoms with Gasteiger partial charge in [-0.2, -0.15) is 4.31 Å². The summed E-state index contributed by atoms with van der Waals surface area (Å²) < 4.78 is 32.5. The summed E-state index contributed by atoms with van der Waals surface area (Å²) in [6.45, 7) is 1.30. The van der Waals surface area contributed by atoms with Gasteiger partial charge in [-0.15, -0.1) is 0 Å². The van der Waals surface area contributed by atoms with Crippen molar-refractivity contribution in [2.75, 3.05) is 33.4 Å². The zero-order valence-corrected chi connectivity index (χ0v) is 20.9. The highest BCUT2D eigenvalue weighted by Crippen LogP contribution is 2.40. The number of aliphatic hydroxyl groups is 1. The first kappa shape index (κ1) is 25.4. The second kappa shape index (κ2) is 10.5. The van der Waals surface area contributed by atoms with Gasteiger partial charge in [0.15, 0.2) is 0 Å². The van der Waals surface area contributed by atoms with Crippen LogP contribution in [0.15, 0.2) is 59.0 Å². The molecule has 2 fully saturated rings. The third kappa shape index (κ3) is 4.99. The number of benzene rings is 2. The summed E-state index contributed by atoms with van der Waals surface area (Å²) in [4.78, 5) is 27.3. The quantitative estimate of drug-likeness (QED) is 0.341. The van der Waals surface area contributed by atoms with E-state index in [9.17, 15) is 23.1 Å². The van der Waals surface area contributed by atoms with E-state index in [4.69, 9.17) is 16.3 Å². The molecule has 1 N–H and O–H groups in total. The van der Waals surface area contributed by atoms with Gasteiger partial charge in [0.05, 0.1) is 23.1 Å². The van der Waals surface area contributed by atoms with Gasteiger partial charge in [-0.3, -0.25) is 9.59 Å². The van der Waals surface area contributed by atoms with Gasteiger partial charge in [0, 0.05) is 37.3 Å². The first-order valence-electron chi connectivity index (χ1n) is 11.4. The molecule has 0 radical (unpaired) electrons. The van der Waals surface area contributed by atoms with Gasteiger partial charge < -0.3 is 14.7 Å². The van der Waals surface area contributed by atoms with Crippen molar-refractivity contribution in [2.24, 2.45) is 0 Å². The minimum absolute atomic E-state index is 0.0833. The summed E-state index contributed by atoms with van der Waals surface area (Å²) in [6.07, 6.45) is 2.66. The molecule has 0 saturated carbocycles. The maximum absolute atomic E-state index is 13.0. The van der Waals surface area contributed by atoms with Crippen LogP contribution in [-0.4, -0.2) is 67.8 Å². The van der Waals surface area contributed by atoms with E-state index in [0.717, 1.165) is 19.3 Å². The summed E-state index contributed by atoms with van der Waals surface area (Å²) in [5.41, 5.74) is 0.720. The third-order valence-electron chi connectivity index (χ3n) is 6.32. The number of hydrogen-bond acceptors (Lipinski definition) is 6. The van der Waals surface area contributed by atoms with E-state index in [0.29, 0.717) is 23.7 Å². The summed E-state index contributed by atoms with van der Waals surface area (Å²) in [5.74, 6) is -1.96. The number of sulfonamides is 1. The number of halogens is 1. The molecule has 0 bridgehead atoms. The second-order valence-corrected chi connectivity index (χ2v) is 10.9. The number of Topliss-reactive ketones (excluding diaryl/α,β-unsaturated/α-hetero) is 1. The van der Waals surface area contributed by atoms with Crippen LogP contribution < -0.4 is 0 Å². The molecule has 2 aromatic carbocycles. The van der Waals surface area contributed by atoms with Crippen LogP contribution in [0.4, 0.5) is 0 Å². The summed E-state index contributed by atoms with van der Waals surface area (Å²) >= 11 is 6.16. The lowest BCUT2D eigenvalue weighted by molar-refractivity contribution is -0.140. The Bertz CT molecular complexity index is 1250. The predicted octanol–water partition coefficient (Wildman–Crippen LogP) is 3.58. The van der Waals surface area contributed by atoms with Gasteiger partial charge in [-0.25, -0.2) is 8.42 Å². The monoisotopic (exact) mass is 518 g/mol. The fraction of sp³-hybridized carbons (Fsp3) is 0.360. The van der Waals surface area contributed by atoms with Gasteiger partial charge >= 0.3 is 0 Å². The topological polar surface area (TPSA) is 104 Å². The molecule has 8 nitrogen and oxygen atoms in total. The molecule has 2 aromatic rings. The lowest BCUT2D eigenvalue weighted by atomic mass is 9.95. The number of rotatable bonds is 7. The molecule has 2 aliphatic heterocycles. The molecule has 10 heteroatoms. The number of nitrogens with zero attached hydrogens (tertiary/aromatic N) is 2. The number of ether oxygens (including phenoxy) is 1. The van der Waals surface area contributed by atoms with Gasteiger partial charge in [0.1, 0.15) is 5.76 Å². The van der Waals surface area contributed by atoms with Crippen molar-refractivity contribution < 1.29 is 27.9 Å². The first-order valence-corrected chi connectivity index (χ1v) is 13.2. The Morgan fingerprint density at radius 3 is 2.40 bits per heavy atom. The van der Waals surface area contributed by atoms with Crippen molar-refractivity contribution in [1.82, 2.24) is 9.21 Å². The van der Waals surface area contributed by atoms with E-state index >= 15 is 0 Å². The predicted molar refractivity (Wildman–Crippen MR) is 131 cm³/mol. The van der Waals surface area contributed by atoms with Crippen LogP contribution in [-0.2, 0) is 24.3 Å². The SMILES string of the molecule is COCCN1C(=O)C(=O)/C(=C(/O)c2ccc(S(=O)(=O)N3CCCCC3)cc2)[C@H]1c1cccc(Cl)c1. The van der Waals surface area contributed by atoms with Crippen LogP contribution >= 0.6 is 11.6 Å². The third-order valence-corrected chi connectivity index (χ3v) is 8.47. The highest BCUT2D eigenvalue weighted by Gasteiger charge is 2.46. The van der Waals surface area contributed by atoms with Crippen LogP contribution in [0.5, 0.6) is 0 Å². The summed E-state index contributed by atoms with van der Waals surface area (Å²) in [6, 6.07) is 11.6. The highest BCUT2D eigenvalue weighted by atomic mass is 35.5. The second-order valence-electron chi connectivity index (χ2n) is 8.53. The number of carbonyl (C=O) groups is 2. The van der Waals surface area contributed by atoms with Gasteiger partial charge in [-0.1, -0.05) is 30.2 Å². The average molecular weight is 519 g/mol. The van der Waals surface area contributed by atoms with E-state index in [1.807, 2.05) is 0 Å². The Hall–Kier alpha value is -2.72. The summed E-state index contributed by atoms with van der Waals surface area (Å²) in [5, 5.41) is 11.6. The number of carbonyl (C=O) groups excluding carboxylic acids is 2. The maximum Gasteiger partial charge on any atom is 0.295 e. The minimum atomic E-state index is -3.64. The van der Waals surface area contributed by atoms with Crippen molar-refractivity contribution in [1.29, 1.82) is 0 Å². The Kier molecular flexibility index (Phi) is 7.61. The Labute approximate surface area is 209 Å². The molecule has 2 saturated heterocycles. The molecular weight excluding hydrogens is 492 g/mol. The normalized spacial score (nSPS) is 21.0. The number of amides is 1. The number of piperidine rings is 1. The lowest BCUT2D eigenvalue weighted by Crippen LogP contribution is -2.35. The van der Waals surface area contributed by atoms with Crippen molar-refractivity contribution in [3.8, 4) is 0 Å². The Balaban J connectivity index is 1.74. The Morgan fingerprint density at radius 2 is 1.77 bits per heavy atom. The van der Waals surface area contributed by atoms with E-state index in [1.54, 1.807) is 24.3 Å². The fourth-order valence-corrected chi connectivity index (χ4v) is 6.23. The van der Waals surface area contributed by atoms with E-state index in [2.05, 4.69) is 0 Å². The van der Waals surface area contributed by atoms with Crippen LogP contribution in [0.1, 0.15) is 36.4 Å². The van der Waals surface area contributed by atoms with Gasteiger partial charge in [-0.05, 0) is 54.8 Å². The van der Waals surface area contributed by atoms with E-state index in [-0.39, 0.29) is 34.9 Å². The molecule has 35 heavy (non-hydrogen) atoms. The number of likely N-dealkylation sites (tertiary alicyclic amines) is 1. The summed E-state index contributed by atoms with van der Waals surface area (Å²) in [7, 11) is -2.15. The molecule has 0 unspecified atom stereocenters. The zero-order valence-electron chi connectivity index (χ0n) is 19.3. The standard InChI is InChI=1S/C25H27ClN2O6S/c1-34-15-14-28-22(18-6-5-7-19(26)16-18)21(24(30)25(28)31)23(29)17-8-10-20(11-9-17)35(32,33)27-12-3-2-4-13-27/h5-11,16,22,29H,2-4,12-15H2,1H3/b23-21+/t22-/m1/s1. The molecule has 2 aliphatic rings. The highest BCUT2D eigenvalue weighted by molar-refractivity contribution is 7.89.